The molecule has 9 heteroatoms. The molecule has 8 nitrogen and oxygen atoms in total. The highest BCUT2D eigenvalue weighted by atomic mass is 127. The first-order valence-electron chi connectivity index (χ1n) is 12.3. The number of amides is 3. The van der Waals surface area contributed by atoms with Crippen LogP contribution in [0.25, 0.3) is 0 Å². The lowest BCUT2D eigenvalue weighted by Gasteiger charge is -2.29. The standard InChI is InChI=1S/C26H42IN3O5/c1-16(2)12-20(22(31)14-27)28-24(32)21(13-17(3)4)29-25(33)23(18(5)6)30-26(34)35-15-19-10-8-7-9-11-19/h7-11,16-18,20-23,31H,12-15H2,1-6H3,(H,28,32)(H,29,33)(H,30,34)/t20-,21-,22?,23-/m0/s1. The van der Waals surface area contributed by atoms with Gasteiger partial charge in [-0.2, -0.15) is 0 Å². The number of benzene rings is 1. The third-order valence-electron chi connectivity index (χ3n) is 5.45. The van der Waals surface area contributed by atoms with Gasteiger partial charge in [0.15, 0.2) is 0 Å². The number of alkyl halides is 1. The van der Waals surface area contributed by atoms with Gasteiger partial charge in [-0.05, 0) is 36.2 Å². The van der Waals surface area contributed by atoms with E-state index in [-0.39, 0.29) is 30.3 Å². The van der Waals surface area contributed by atoms with E-state index in [1.54, 1.807) is 0 Å². The maximum Gasteiger partial charge on any atom is 0.408 e. The van der Waals surface area contributed by atoms with Crippen LogP contribution in [0.4, 0.5) is 4.79 Å². The Labute approximate surface area is 223 Å². The number of alkyl carbamates (subject to hydrolysis) is 1. The van der Waals surface area contributed by atoms with Crippen LogP contribution in [-0.2, 0) is 20.9 Å². The topological polar surface area (TPSA) is 117 Å². The summed E-state index contributed by atoms with van der Waals surface area (Å²) in [6.07, 6.45) is -0.325. The van der Waals surface area contributed by atoms with E-state index in [1.165, 1.54) is 0 Å². The molecule has 0 aliphatic rings. The second kappa shape index (κ2) is 16.0. The van der Waals surface area contributed by atoms with Gasteiger partial charge in [0, 0.05) is 4.43 Å². The Morgan fingerprint density at radius 1 is 0.886 bits per heavy atom. The van der Waals surface area contributed by atoms with Gasteiger partial charge in [0.2, 0.25) is 11.8 Å². The second-order valence-electron chi connectivity index (χ2n) is 10.1. The highest BCUT2D eigenvalue weighted by Crippen LogP contribution is 2.13. The molecule has 1 unspecified atom stereocenters. The van der Waals surface area contributed by atoms with Gasteiger partial charge in [-0.3, -0.25) is 9.59 Å². The minimum Gasteiger partial charge on any atom is -0.445 e. The van der Waals surface area contributed by atoms with Crippen LogP contribution in [0.1, 0.15) is 59.9 Å². The molecular formula is C26H42IN3O5. The van der Waals surface area contributed by atoms with E-state index in [9.17, 15) is 19.5 Å². The lowest BCUT2D eigenvalue weighted by molar-refractivity contribution is -0.131. The highest BCUT2D eigenvalue weighted by Gasteiger charge is 2.31. The summed E-state index contributed by atoms with van der Waals surface area (Å²) in [7, 11) is 0. The summed E-state index contributed by atoms with van der Waals surface area (Å²) < 4.78 is 5.75. The van der Waals surface area contributed by atoms with Crippen molar-refractivity contribution in [2.24, 2.45) is 17.8 Å². The molecule has 0 bridgehead atoms. The van der Waals surface area contributed by atoms with Gasteiger partial charge in [-0.15, -0.1) is 0 Å². The zero-order valence-electron chi connectivity index (χ0n) is 21.7. The van der Waals surface area contributed by atoms with Crippen molar-refractivity contribution in [1.29, 1.82) is 0 Å². The van der Waals surface area contributed by atoms with E-state index in [2.05, 4.69) is 38.5 Å². The fourth-order valence-electron chi connectivity index (χ4n) is 3.60. The van der Waals surface area contributed by atoms with Gasteiger partial charge >= 0.3 is 6.09 Å². The molecule has 198 valence electrons. The average Bonchev–Trinajstić information content (AvgIpc) is 2.79. The summed E-state index contributed by atoms with van der Waals surface area (Å²) in [5.74, 6) is -0.586. The zero-order valence-corrected chi connectivity index (χ0v) is 23.9. The molecule has 1 aromatic rings. The number of rotatable bonds is 14. The summed E-state index contributed by atoms with van der Waals surface area (Å²) in [5, 5.41) is 18.8. The molecule has 0 saturated carbocycles. The van der Waals surface area contributed by atoms with Gasteiger partial charge in [0.25, 0.3) is 0 Å². The molecule has 35 heavy (non-hydrogen) atoms. The Morgan fingerprint density at radius 3 is 2.00 bits per heavy atom. The number of hydrogen-bond acceptors (Lipinski definition) is 5. The molecule has 4 N–H and O–H groups in total. The molecular weight excluding hydrogens is 561 g/mol. The van der Waals surface area contributed by atoms with Crippen LogP contribution in [0.3, 0.4) is 0 Å². The number of ether oxygens (including phenoxy) is 1. The highest BCUT2D eigenvalue weighted by molar-refractivity contribution is 14.1. The number of halogens is 1. The predicted molar refractivity (Wildman–Crippen MR) is 146 cm³/mol. The van der Waals surface area contributed by atoms with Gasteiger partial charge in [0.1, 0.15) is 18.7 Å². The van der Waals surface area contributed by atoms with Crippen molar-refractivity contribution in [1.82, 2.24) is 16.0 Å². The number of nitrogens with one attached hydrogen (secondary N) is 3. The number of carbonyl (C=O) groups is 3. The van der Waals surface area contributed by atoms with Crippen molar-refractivity contribution < 1.29 is 24.2 Å². The summed E-state index contributed by atoms with van der Waals surface area (Å²) in [6.45, 7) is 11.7. The molecule has 0 saturated heterocycles. The minimum atomic E-state index is -0.868. The number of aliphatic hydroxyl groups is 1. The fraction of sp³-hybridized carbons (Fsp3) is 0.654. The molecule has 0 heterocycles. The molecule has 0 fully saturated rings. The van der Waals surface area contributed by atoms with Crippen LogP contribution in [0.15, 0.2) is 30.3 Å². The van der Waals surface area contributed by atoms with Crippen molar-refractivity contribution in [3.8, 4) is 0 Å². The van der Waals surface area contributed by atoms with E-state index in [4.69, 9.17) is 4.74 Å². The smallest absolute Gasteiger partial charge is 0.408 e. The Hall–Kier alpha value is -1.88. The molecule has 1 rings (SSSR count). The van der Waals surface area contributed by atoms with Crippen molar-refractivity contribution >= 4 is 40.5 Å². The Kier molecular flexibility index (Phi) is 14.2. The number of hydrogen-bond donors (Lipinski definition) is 4. The van der Waals surface area contributed by atoms with Crippen molar-refractivity contribution in [3.63, 3.8) is 0 Å². The van der Waals surface area contributed by atoms with E-state index in [0.717, 1.165) is 5.56 Å². The third kappa shape index (κ3) is 12.1. The largest absolute Gasteiger partial charge is 0.445 e. The van der Waals surface area contributed by atoms with Crippen LogP contribution in [0.2, 0.25) is 0 Å². The Morgan fingerprint density at radius 2 is 1.49 bits per heavy atom. The normalized spacial score (nSPS) is 14.8. The summed E-state index contributed by atoms with van der Waals surface area (Å²) >= 11 is 2.09. The van der Waals surface area contributed by atoms with E-state index in [1.807, 2.05) is 71.9 Å². The summed E-state index contributed by atoms with van der Waals surface area (Å²) in [4.78, 5) is 38.6. The Balaban J connectivity index is 2.86. The second-order valence-corrected chi connectivity index (χ2v) is 11.0. The maximum absolute atomic E-state index is 13.1. The van der Waals surface area contributed by atoms with Crippen molar-refractivity contribution in [2.45, 2.75) is 85.2 Å². The van der Waals surface area contributed by atoms with Gasteiger partial charge in [-0.25, -0.2) is 4.79 Å². The molecule has 0 radical (unpaired) electrons. The van der Waals surface area contributed by atoms with Crippen molar-refractivity contribution in [3.05, 3.63) is 35.9 Å². The van der Waals surface area contributed by atoms with Crippen LogP contribution in [-0.4, -0.2) is 51.7 Å². The average molecular weight is 604 g/mol. The quantitative estimate of drug-likeness (QED) is 0.191. The van der Waals surface area contributed by atoms with Crippen LogP contribution in [0, 0.1) is 17.8 Å². The first-order chi connectivity index (χ1) is 16.4. The molecule has 0 aliphatic carbocycles. The lowest BCUT2D eigenvalue weighted by atomic mass is 9.97. The first kappa shape index (κ1) is 31.2. The Bertz CT molecular complexity index is 788. The number of carbonyl (C=O) groups excluding carboxylic acids is 3. The van der Waals surface area contributed by atoms with Gasteiger partial charge in [0.05, 0.1) is 12.1 Å². The third-order valence-corrected chi connectivity index (χ3v) is 6.35. The van der Waals surface area contributed by atoms with Gasteiger partial charge in [-0.1, -0.05) is 94.5 Å². The van der Waals surface area contributed by atoms with Gasteiger partial charge < -0.3 is 25.8 Å². The van der Waals surface area contributed by atoms with Crippen molar-refractivity contribution in [2.75, 3.05) is 4.43 Å². The van der Waals surface area contributed by atoms with Crippen LogP contribution >= 0.6 is 22.6 Å². The molecule has 0 aliphatic heterocycles. The maximum atomic E-state index is 13.1. The van der Waals surface area contributed by atoms with Crippen LogP contribution in [0.5, 0.6) is 0 Å². The van der Waals surface area contributed by atoms with Crippen LogP contribution < -0.4 is 16.0 Å². The predicted octanol–water partition coefficient (Wildman–Crippen LogP) is 3.80. The molecule has 4 atom stereocenters. The minimum absolute atomic E-state index is 0.0911. The fourth-order valence-corrected chi connectivity index (χ4v) is 4.22. The monoisotopic (exact) mass is 603 g/mol. The molecule has 0 spiro atoms. The van der Waals surface area contributed by atoms with E-state index >= 15 is 0 Å². The molecule has 3 amide bonds. The molecule has 1 aromatic carbocycles. The van der Waals surface area contributed by atoms with E-state index in [0.29, 0.717) is 17.3 Å². The summed E-state index contributed by atoms with van der Waals surface area (Å²) in [6, 6.07) is 7.21. The zero-order chi connectivity index (χ0) is 26.5. The first-order valence-corrected chi connectivity index (χ1v) is 13.8. The SMILES string of the molecule is CC(C)C[C@H](NC(=O)[C@@H](NC(=O)OCc1ccccc1)C(C)C)C(=O)N[C@@H](CC(C)C)C(O)CI. The number of aliphatic hydroxyl groups excluding tert-OH is 1. The molecule has 0 aromatic heterocycles. The summed E-state index contributed by atoms with van der Waals surface area (Å²) in [5.41, 5.74) is 0.839. The van der Waals surface area contributed by atoms with E-state index < -0.39 is 36.2 Å². The lowest BCUT2D eigenvalue weighted by Crippen LogP contribution is -2.57.